The van der Waals surface area contributed by atoms with E-state index in [1.165, 1.54) is 16.7 Å². The molecule has 0 aliphatic heterocycles. The molecule has 109 valence electrons. The number of rotatable bonds is 2. The van der Waals surface area contributed by atoms with Gasteiger partial charge in [-0.25, -0.2) is 0 Å². The first-order valence-electron chi connectivity index (χ1n) is 6.77. The van der Waals surface area contributed by atoms with E-state index in [-0.39, 0.29) is 20.1 Å². The van der Waals surface area contributed by atoms with Crippen LogP contribution in [0.1, 0.15) is 17.0 Å². The van der Waals surface area contributed by atoms with Crippen LogP contribution in [0.25, 0.3) is 16.8 Å². The Kier molecular flexibility index (Phi) is 4.76. The van der Waals surface area contributed by atoms with Crippen molar-refractivity contribution in [2.45, 2.75) is 20.8 Å². The summed E-state index contributed by atoms with van der Waals surface area (Å²) in [5, 5.41) is 4.68. The van der Waals surface area contributed by atoms with Crippen molar-refractivity contribution >= 4 is 0 Å². The standard InChI is InChI=1S/C18H17N2.Ir/c1-13-8-7-11-17(12-13)20-15(3)18(14(2)19-20)16-9-5-4-6-10-16;/h4-10,12H,1-3H3;/q-1;. The van der Waals surface area contributed by atoms with Gasteiger partial charge in [0.1, 0.15) is 0 Å². The van der Waals surface area contributed by atoms with Gasteiger partial charge in [-0.15, -0.1) is 6.07 Å². The topological polar surface area (TPSA) is 17.8 Å². The molecule has 3 rings (SSSR count). The van der Waals surface area contributed by atoms with Crippen LogP contribution in [0.3, 0.4) is 0 Å². The van der Waals surface area contributed by atoms with E-state index >= 15 is 0 Å². The van der Waals surface area contributed by atoms with Crippen LogP contribution in [0.15, 0.2) is 48.5 Å². The minimum Gasteiger partial charge on any atom is -0.262 e. The summed E-state index contributed by atoms with van der Waals surface area (Å²) >= 11 is 0. The molecule has 0 bridgehead atoms. The molecule has 1 radical (unpaired) electrons. The van der Waals surface area contributed by atoms with Crippen LogP contribution in [0, 0.1) is 26.8 Å². The minimum atomic E-state index is 0. The first kappa shape index (κ1) is 15.7. The van der Waals surface area contributed by atoms with Gasteiger partial charge in [0, 0.05) is 31.4 Å². The molecule has 0 amide bonds. The molecule has 0 unspecified atom stereocenters. The number of hydrogen-bond donors (Lipinski definition) is 0. The molecular formula is C18H17IrN2-. The third-order valence-electron chi connectivity index (χ3n) is 3.52. The van der Waals surface area contributed by atoms with Crippen LogP contribution >= 0.6 is 0 Å². The van der Waals surface area contributed by atoms with Crippen LogP contribution in [0.5, 0.6) is 0 Å². The Bertz CT molecular complexity index is 745. The molecule has 0 aliphatic rings. The predicted octanol–water partition coefficient (Wildman–Crippen LogP) is 4.26. The van der Waals surface area contributed by atoms with E-state index in [9.17, 15) is 0 Å². The van der Waals surface area contributed by atoms with E-state index in [1.807, 2.05) is 22.9 Å². The van der Waals surface area contributed by atoms with Gasteiger partial charge in [-0.05, 0) is 25.1 Å². The average molecular weight is 454 g/mol. The van der Waals surface area contributed by atoms with Crippen molar-refractivity contribution in [2.24, 2.45) is 0 Å². The summed E-state index contributed by atoms with van der Waals surface area (Å²) in [5.74, 6) is 0. The Morgan fingerprint density at radius 3 is 2.38 bits per heavy atom. The molecule has 21 heavy (non-hydrogen) atoms. The number of aromatic nitrogens is 2. The van der Waals surface area contributed by atoms with Crippen molar-refractivity contribution in [3.8, 4) is 16.8 Å². The van der Waals surface area contributed by atoms with E-state index in [0.29, 0.717) is 0 Å². The van der Waals surface area contributed by atoms with E-state index in [4.69, 9.17) is 0 Å². The summed E-state index contributed by atoms with van der Waals surface area (Å²) in [6.45, 7) is 6.25. The monoisotopic (exact) mass is 454 g/mol. The summed E-state index contributed by atoms with van der Waals surface area (Å²) in [6.07, 6.45) is 0. The van der Waals surface area contributed by atoms with Crippen LogP contribution in [-0.2, 0) is 20.1 Å². The minimum absolute atomic E-state index is 0. The summed E-state index contributed by atoms with van der Waals surface area (Å²) < 4.78 is 1.98. The van der Waals surface area contributed by atoms with Crippen LogP contribution in [-0.4, -0.2) is 9.78 Å². The molecular weight excluding hydrogens is 436 g/mol. The van der Waals surface area contributed by atoms with Gasteiger partial charge in [0.15, 0.2) is 0 Å². The molecule has 1 heterocycles. The SMILES string of the molecule is Cc1cc[c-]c(-n2nc(C)c(-c3ccccc3)c2C)c1.[Ir]. The molecule has 0 saturated carbocycles. The van der Waals surface area contributed by atoms with Gasteiger partial charge >= 0.3 is 0 Å². The van der Waals surface area contributed by atoms with E-state index in [2.05, 4.69) is 62.3 Å². The van der Waals surface area contributed by atoms with Gasteiger partial charge in [-0.1, -0.05) is 37.3 Å². The van der Waals surface area contributed by atoms with Crippen LogP contribution in [0.2, 0.25) is 0 Å². The first-order chi connectivity index (χ1) is 9.66. The zero-order valence-corrected chi connectivity index (χ0v) is 14.7. The Morgan fingerprint density at radius 1 is 1.00 bits per heavy atom. The zero-order valence-electron chi connectivity index (χ0n) is 12.3. The molecule has 0 fully saturated rings. The second-order valence-corrected chi connectivity index (χ2v) is 5.07. The van der Waals surface area contributed by atoms with E-state index < -0.39 is 0 Å². The molecule has 2 nitrogen and oxygen atoms in total. The fourth-order valence-electron chi connectivity index (χ4n) is 2.59. The van der Waals surface area contributed by atoms with Crippen molar-refractivity contribution in [3.63, 3.8) is 0 Å². The number of hydrogen-bond acceptors (Lipinski definition) is 1. The largest absolute Gasteiger partial charge is 0.262 e. The quantitative estimate of drug-likeness (QED) is 0.530. The summed E-state index contributed by atoms with van der Waals surface area (Å²) in [7, 11) is 0. The van der Waals surface area contributed by atoms with Crippen LogP contribution in [0.4, 0.5) is 0 Å². The van der Waals surface area contributed by atoms with Crippen molar-refractivity contribution in [3.05, 3.63) is 71.5 Å². The first-order valence-corrected chi connectivity index (χ1v) is 6.77. The van der Waals surface area contributed by atoms with Gasteiger partial charge in [0.2, 0.25) is 0 Å². The van der Waals surface area contributed by atoms with E-state index in [1.54, 1.807) is 0 Å². The Hall–Kier alpha value is -1.70. The second-order valence-electron chi connectivity index (χ2n) is 5.07. The fourth-order valence-corrected chi connectivity index (χ4v) is 2.59. The number of nitrogens with zero attached hydrogens (tertiary/aromatic N) is 2. The van der Waals surface area contributed by atoms with Gasteiger partial charge < -0.3 is 0 Å². The summed E-state index contributed by atoms with van der Waals surface area (Å²) in [5.41, 5.74) is 6.82. The molecule has 1 aromatic heterocycles. The maximum atomic E-state index is 4.68. The fraction of sp³-hybridized carbons (Fsp3) is 0.167. The summed E-state index contributed by atoms with van der Waals surface area (Å²) in [6, 6.07) is 19.8. The molecule has 3 aromatic rings. The average Bonchev–Trinajstić information content (AvgIpc) is 2.75. The van der Waals surface area contributed by atoms with Gasteiger partial charge in [-0.3, -0.25) is 4.68 Å². The maximum Gasteiger partial charge on any atom is 0.0678 e. The molecule has 2 aromatic carbocycles. The molecule has 3 heteroatoms. The van der Waals surface area contributed by atoms with Crippen LogP contribution < -0.4 is 0 Å². The molecule has 0 saturated heterocycles. The van der Waals surface area contributed by atoms with E-state index in [0.717, 1.165) is 17.1 Å². The molecule has 0 spiro atoms. The number of benzene rings is 2. The molecule has 0 atom stereocenters. The third kappa shape index (κ3) is 2.99. The van der Waals surface area contributed by atoms with Crippen molar-refractivity contribution < 1.29 is 20.1 Å². The van der Waals surface area contributed by atoms with Crippen molar-refractivity contribution in [1.82, 2.24) is 9.78 Å². The Morgan fingerprint density at radius 2 is 1.71 bits per heavy atom. The summed E-state index contributed by atoms with van der Waals surface area (Å²) in [4.78, 5) is 0. The normalized spacial score (nSPS) is 10.2. The second kappa shape index (κ2) is 6.38. The maximum absolute atomic E-state index is 4.68. The molecule has 0 aliphatic carbocycles. The van der Waals surface area contributed by atoms with Gasteiger partial charge in [-0.2, -0.15) is 28.9 Å². The third-order valence-corrected chi connectivity index (χ3v) is 3.52. The Balaban J connectivity index is 0.00000161. The molecule has 0 N–H and O–H groups in total. The van der Waals surface area contributed by atoms with Crippen molar-refractivity contribution in [1.29, 1.82) is 0 Å². The predicted molar refractivity (Wildman–Crippen MR) is 82.0 cm³/mol. The smallest absolute Gasteiger partial charge is 0.0678 e. The number of aryl methyl sites for hydroxylation is 2. The van der Waals surface area contributed by atoms with Gasteiger partial charge in [0.25, 0.3) is 0 Å². The zero-order chi connectivity index (χ0) is 14.1. The van der Waals surface area contributed by atoms with Crippen molar-refractivity contribution in [2.75, 3.05) is 0 Å². The Labute approximate surface area is 139 Å². The van der Waals surface area contributed by atoms with Gasteiger partial charge in [0.05, 0.1) is 5.69 Å².